The molecule has 7 heteroatoms. The van der Waals surface area contributed by atoms with Crippen molar-refractivity contribution in [3.63, 3.8) is 0 Å². The average Bonchev–Trinajstić information content (AvgIpc) is 2.97. The van der Waals surface area contributed by atoms with Crippen LogP contribution < -0.4 is 5.32 Å². The fourth-order valence-electron chi connectivity index (χ4n) is 2.23. The minimum absolute atomic E-state index is 0.0900. The molecule has 1 N–H and O–H groups in total. The molecule has 23 heavy (non-hydrogen) atoms. The van der Waals surface area contributed by atoms with Gasteiger partial charge in [-0.1, -0.05) is 30.1 Å². The Morgan fingerprint density at radius 2 is 2.04 bits per heavy atom. The van der Waals surface area contributed by atoms with Crippen LogP contribution in [0, 0.1) is 0 Å². The highest BCUT2D eigenvalue weighted by atomic mass is 35.5. The molecule has 2 aromatic heterocycles. The van der Waals surface area contributed by atoms with Gasteiger partial charge < -0.3 is 5.32 Å². The van der Waals surface area contributed by atoms with Crippen LogP contribution in [0.25, 0.3) is 21.5 Å². The molecular weight excluding hydrogens is 353 g/mol. The molecule has 0 atom stereocenters. The van der Waals surface area contributed by atoms with Gasteiger partial charge in [0.2, 0.25) is 5.95 Å². The second-order valence-electron chi connectivity index (χ2n) is 4.88. The van der Waals surface area contributed by atoms with Crippen molar-refractivity contribution in [2.75, 3.05) is 12.4 Å². The van der Waals surface area contributed by atoms with Gasteiger partial charge in [-0.05, 0) is 24.3 Å². The smallest absolute Gasteiger partial charge is 0.224 e. The number of nitrogens with zero attached hydrogens (tertiary/aromatic N) is 2. The van der Waals surface area contributed by atoms with Crippen LogP contribution in [0.5, 0.6) is 0 Å². The normalized spacial score (nSPS) is 11.0. The summed E-state index contributed by atoms with van der Waals surface area (Å²) in [7, 11) is 1.75. The number of ketones is 1. The van der Waals surface area contributed by atoms with Crippen molar-refractivity contribution in [3.05, 3.63) is 39.2 Å². The lowest BCUT2D eigenvalue weighted by Gasteiger charge is -2.07. The maximum absolute atomic E-state index is 12.0. The van der Waals surface area contributed by atoms with Gasteiger partial charge in [0.15, 0.2) is 5.78 Å². The number of nitrogens with one attached hydrogen (secondary N) is 1. The van der Waals surface area contributed by atoms with E-state index in [1.165, 1.54) is 11.3 Å². The fraction of sp³-hybridized carbons (Fsp3) is 0.188. The molecule has 0 amide bonds. The molecular formula is C16H13Cl2N3OS. The van der Waals surface area contributed by atoms with E-state index in [2.05, 4.69) is 15.3 Å². The number of carbonyl (C=O) groups excluding carboxylic acids is 1. The summed E-state index contributed by atoms with van der Waals surface area (Å²) >= 11 is 13.7. The minimum atomic E-state index is 0.0900. The molecule has 0 aliphatic heterocycles. The third-order valence-electron chi connectivity index (χ3n) is 3.40. The summed E-state index contributed by atoms with van der Waals surface area (Å²) < 4.78 is 0. The van der Waals surface area contributed by atoms with Gasteiger partial charge in [-0.15, -0.1) is 11.3 Å². The topological polar surface area (TPSA) is 54.9 Å². The number of thiophene rings is 1. The second kappa shape index (κ2) is 6.43. The summed E-state index contributed by atoms with van der Waals surface area (Å²) in [5.41, 5.74) is 1.45. The van der Waals surface area contributed by atoms with Gasteiger partial charge in [0.05, 0.1) is 15.6 Å². The van der Waals surface area contributed by atoms with Crippen LogP contribution in [-0.4, -0.2) is 22.8 Å². The number of anilines is 1. The summed E-state index contributed by atoms with van der Waals surface area (Å²) in [6, 6.07) is 7.10. The SMILES string of the molecule is CCC(=O)c1cc2c(-c3ccc(Cl)cc3Cl)nc(NC)nc2s1. The van der Waals surface area contributed by atoms with E-state index in [0.29, 0.717) is 33.0 Å². The Morgan fingerprint density at radius 3 is 2.70 bits per heavy atom. The summed E-state index contributed by atoms with van der Waals surface area (Å²) in [5.74, 6) is 0.572. The van der Waals surface area contributed by atoms with E-state index >= 15 is 0 Å². The Hall–Kier alpha value is -1.69. The van der Waals surface area contributed by atoms with Gasteiger partial charge in [-0.3, -0.25) is 4.79 Å². The zero-order valence-corrected chi connectivity index (χ0v) is 14.8. The maximum Gasteiger partial charge on any atom is 0.224 e. The molecule has 3 aromatic rings. The van der Waals surface area contributed by atoms with Crippen LogP contribution in [0.2, 0.25) is 10.0 Å². The van der Waals surface area contributed by atoms with Crippen LogP contribution in [0.15, 0.2) is 24.3 Å². The Balaban J connectivity index is 2.29. The summed E-state index contributed by atoms with van der Waals surface area (Å²) in [4.78, 5) is 22.4. The predicted molar refractivity (Wildman–Crippen MR) is 97.0 cm³/mol. The lowest BCUT2D eigenvalue weighted by atomic mass is 10.1. The Kier molecular flexibility index (Phi) is 4.53. The van der Waals surface area contributed by atoms with Crippen molar-refractivity contribution in [2.45, 2.75) is 13.3 Å². The molecule has 4 nitrogen and oxygen atoms in total. The summed E-state index contributed by atoms with van der Waals surface area (Å²) in [5, 5.41) is 4.83. The van der Waals surface area contributed by atoms with Gasteiger partial charge in [0.1, 0.15) is 4.83 Å². The Morgan fingerprint density at radius 1 is 1.26 bits per heavy atom. The fourth-order valence-corrected chi connectivity index (χ4v) is 3.77. The number of benzene rings is 1. The van der Waals surface area contributed by atoms with Crippen molar-refractivity contribution in [1.82, 2.24) is 9.97 Å². The highest BCUT2D eigenvalue weighted by Gasteiger charge is 2.17. The number of aromatic nitrogens is 2. The van der Waals surface area contributed by atoms with Crippen LogP contribution in [-0.2, 0) is 0 Å². The first-order valence-electron chi connectivity index (χ1n) is 7.01. The first-order valence-corrected chi connectivity index (χ1v) is 8.58. The monoisotopic (exact) mass is 365 g/mol. The van der Waals surface area contributed by atoms with Crippen molar-refractivity contribution in [2.24, 2.45) is 0 Å². The highest BCUT2D eigenvalue weighted by Crippen LogP contribution is 2.37. The number of halogens is 2. The van der Waals surface area contributed by atoms with E-state index in [1.54, 1.807) is 19.2 Å². The molecule has 0 radical (unpaired) electrons. The molecule has 0 fully saturated rings. The van der Waals surface area contributed by atoms with Crippen molar-refractivity contribution in [3.8, 4) is 11.3 Å². The molecule has 0 saturated carbocycles. The summed E-state index contributed by atoms with van der Waals surface area (Å²) in [6.45, 7) is 1.84. The Labute approximate surface area is 147 Å². The molecule has 0 spiro atoms. The first kappa shape index (κ1) is 16.2. The second-order valence-corrected chi connectivity index (χ2v) is 6.75. The molecule has 0 aliphatic rings. The summed E-state index contributed by atoms with van der Waals surface area (Å²) in [6.07, 6.45) is 0.455. The van der Waals surface area contributed by atoms with E-state index in [0.717, 1.165) is 15.8 Å². The highest BCUT2D eigenvalue weighted by molar-refractivity contribution is 7.20. The molecule has 0 bridgehead atoms. The third-order valence-corrected chi connectivity index (χ3v) is 5.02. The van der Waals surface area contributed by atoms with E-state index in [9.17, 15) is 4.79 Å². The number of Topliss-reactive ketones (excluding diaryl/α,β-unsaturated/α-hetero) is 1. The zero-order chi connectivity index (χ0) is 16.6. The van der Waals surface area contributed by atoms with Crippen molar-refractivity contribution >= 4 is 56.5 Å². The maximum atomic E-state index is 12.0. The molecule has 118 valence electrons. The van der Waals surface area contributed by atoms with Gasteiger partial charge in [0.25, 0.3) is 0 Å². The number of hydrogen-bond acceptors (Lipinski definition) is 5. The van der Waals surface area contributed by atoms with Crippen LogP contribution >= 0.6 is 34.5 Å². The van der Waals surface area contributed by atoms with E-state index in [1.807, 2.05) is 19.1 Å². The molecule has 0 unspecified atom stereocenters. The van der Waals surface area contributed by atoms with Gasteiger partial charge >= 0.3 is 0 Å². The predicted octanol–water partition coefficient (Wildman–Crippen LogP) is 5.30. The Bertz CT molecular complexity index is 908. The number of fused-ring (bicyclic) bond motifs is 1. The molecule has 0 saturated heterocycles. The van der Waals surface area contributed by atoms with Gasteiger partial charge in [0, 0.05) is 29.4 Å². The van der Waals surface area contributed by atoms with Crippen molar-refractivity contribution in [1.29, 1.82) is 0 Å². The molecule has 0 aliphatic carbocycles. The van der Waals surface area contributed by atoms with Gasteiger partial charge in [-0.25, -0.2) is 9.97 Å². The number of hydrogen-bond donors (Lipinski definition) is 1. The largest absolute Gasteiger partial charge is 0.357 e. The lowest BCUT2D eigenvalue weighted by Crippen LogP contribution is -1.98. The third kappa shape index (κ3) is 3.04. The number of carbonyl (C=O) groups is 1. The standard InChI is InChI=1S/C16H13Cl2N3OS/c1-3-12(22)13-7-10-14(9-5-4-8(17)6-11(9)18)20-16(19-2)21-15(10)23-13/h4-7H,3H2,1-2H3,(H,19,20,21). The molecule has 3 rings (SSSR count). The van der Waals surface area contributed by atoms with E-state index in [4.69, 9.17) is 23.2 Å². The zero-order valence-electron chi connectivity index (χ0n) is 12.5. The first-order chi connectivity index (χ1) is 11.0. The van der Waals surface area contributed by atoms with Crippen LogP contribution in [0.4, 0.5) is 5.95 Å². The molecule has 2 heterocycles. The molecule has 1 aromatic carbocycles. The minimum Gasteiger partial charge on any atom is -0.357 e. The average molecular weight is 366 g/mol. The number of rotatable bonds is 4. The quantitative estimate of drug-likeness (QED) is 0.637. The van der Waals surface area contributed by atoms with Crippen LogP contribution in [0.1, 0.15) is 23.0 Å². The van der Waals surface area contributed by atoms with E-state index in [-0.39, 0.29) is 5.78 Å². The van der Waals surface area contributed by atoms with E-state index < -0.39 is 0 Å². The van der Waals surface area contributed by atoms with Crippen LogP contribution in [0.3, 0.4) is 0 Å². The van der Waals surface area contributed by atoms with Crippen molar-refractivity contribution < 1.29 is 4.79 Å². The lowest BCUT2D eigenvalue weighted by molar-refractivity contribution is 0.0992. The van der Waals surface area contributed by atoms with Gasteiger partial charge in [-0.2, -0.15) is 0 Å².